The maximum absolute atomic E-state index is 6.32. The Morgan fingerprint density at radius 2 is 2.05 bits per heavy atom. The van der Waals surface area contributed by atoms with Gasteiger partial charge in [-0.25, -0.2) is 0 Å². The fraction of sp³-hybridized carbons (Fsp3) is 0.312. The normalized spacial score (nSPS) is 12.6. The highest BCUT2D eigenvalue weighted by Gasteiger charge is 2.20. The summed E-state index contributed by atoms with van der Waals surface area (Å²) in [6.45, 7) is 4.19. The molecular weight excluding hydrogens is 305 g/mol. The lowest BCUT2D eigenvalue weighted by atomic mass is 10.0. The third-order valence-electron chi connectivity index (χ3n) is 3.48. The van der Waals surface area contributed by atoms with Crippen molar-refractivity contribution in [1.29, 1.82) is 0 Å². The summed E-state index contributed by atoms with van der Waals surface area (Å²) in [4.78, 5) is 6.64. The summed E-state index contributed by atoms with van der Waals surface area (Å²) in [6, 6.07) is 11.5. The average Bonchev–Trinajstić information content (AvgIpc) is 2.49. The summed E-state index contributed by atoms with van der Waals surface area (Å²) in [5.74, 6) is 0. The van der Waals surface area contributed by atoms with Gasteiger partial charge in [0.2, 0.25) is 0 Å². The lowest BCUT2D eigenvalue weighted by molar-refractivity contribution is 0.201. The zero-order valence-electron chi connectivity index (χ0n) is 12.0. The van der Waals surface area contributed by atoms with E-state index in [0.717, 1.165) is 24.3 Å². The first-order valence-electron chi connectivity index (χ1n) is 6.94. The van der Waals surface area contributed by atoms with Gasteiger partial charge in [0.25, 0.3) is 0 Å². The van der Waals surface area contributed by atoms with Crippen LogP contribution in [0, 0.1) is 0 Å². The highest BCUT2D eigenvalue weighted by Crippen LogP contribution is 2.30. The summed E-state index contributed by atoms with van der Waals surface area (Å²) >= 11 is 12.3. The predicted octanol–water partition coefficient (Wildman–Crippen LogP) is 3.91. The van der Waals surface area contributed by atoms with E-state index in [0.29, 0.717) is 16.6 Å². The molecule has 1 atom stereocenters. The first-order valence-corrected chi connectivity index (χ1v) is 7.70. The molecule has 1 aromatic carbocycles. The van der Waals surface area contributed by atoms with Crippen molar-refractivity contribution >= 4 is 23.2 Å². The van der Waals surface area contributed by atoms with Gasteiger partial charge in [0.1, 0.15) is 0 Å². The van der Waals surface area contributed by atoms with E-state index < -0.39 is 0 Å². The second-order valence-electron chi connectivity index (χ2n) is 4.80. The van der Waals surface area contributed by atoms with E-state index in [9.17, 15) is 0 Å². The molecule has 1 aromatic heterocycles. The molecule has 1 heterocycles. The number of hydrogen-bond acceptors (Lipinski definition) is 3. The molecule has 0 fully saturated rings. The van der Waals surface area contributed by atoms with Crippen LogP contribution in [-0.4, -0.2) is 23.0 Å². The lowest BCUT2D eigenvalue weighted by Gasteiger charge is -2.30. The molecule has 2 aromatic rings. The van der Waals surface area contributed by atoms with E-state index in [2.05, 4.69) is 16.8 Å². The summed E-state index contributed by atoms with van der Waals surface area (Å²) in [6.07, 6.45) is 1.80. The molecule has 0 radical (unpaired) electrons. The molecule has 3 nitrogen and oxygen atoms in total. The van der Waals surface area contributed by atoms with Crippen LogP contribution in [0.15, 0.2) is 42.6 Å². The van der Waals surface area contributed by atoms with Crippen LogP contribution >= 0.6 is 23.2 Å². The third kappa shape index (κ3) is 4.17. The fourth-order valence-electron chi connectivity index (χ4n) is 2.39. The Bertz CT molecular complexity index is 575. The summed E-state index contributed by atoms with van der Waals surface area (Å²) in [5, 5.41) is 1.28. The molecule has 0 bridgehead atoms. The van der Waals surface area contributed by atoms with Crippen LogP contribution < -0.4 is 5.73 Å². The van der Waals surface area contributed by atoms with Gasteiger partial charge >= 0.3 is 0 Å². The zero-order chi connectivity index (χ0) is 15.2. The van der Waals surface area contributed by atoms with Crippen molar-refractivity contribution in [2.75, 3.05) is 13.1 Å². The number of likely N-dealkylation sites (N-methyl/N-ethyl adjacent to an activating group) is 1. The fourth-order valence-corrected chi connectivity index (χ4v) is 2.92. The standard InChI is InChI=1S/C16H19Cl2N3/c1-2-21(11-13-5-3-4-8-20-13)16(10-19)14-7-6-12(17)9-15(14)18/h3-9,16H,2,10-11,19H2,1H3. The van der Waals surface area contributed by atoms with Crippen LogP contribution in [0.25, 0.3) is 0 Å². The average molecular weight is 324 g/mol. The van der Waals surface area contributed by atoms with Crippen LogP contribution in [0.2, 0.25) is 10.0 Å². The Hall–Kier alpha value is -1.13. The number of aromatic nitrogens is 1. The maximum Gasteiger partial charge on any atom is 0.0544 e. The van der Waals surface area contributed by atoms with Gasteiger partial charge in [0.05, 0.1) is 5.69 Å². The molecule has 112 valence electrons. The highest BCUT2D eigenvalue weighted by molar-refractivity contribution is 6.35. The van der Waals surface area contributed by atoms with Crippen molar-refractivity contribution in [3.05, 3.63) is 63.9 Å². The van der Waals surface area contributed by atoms with Crippen molar-refractivity contribution in [2.24, 2.45) is 5.73 Å². The molecule has 2 N–H and O–H groups in total. The Morgan fingerprint density at radius 3 is 2.62 bits per heavy atom. The largest absolute Gasteiger partial charge is 0.329 e. The number of rotatable bonds is 6. The smallest absolute Gasteiger partial charge is 0.0544 e. The highest BCUT2D eigenvalue weighted by atomic mass is 35.5. The van der Waals surface area contributed by atoms with Crippen LogP contribution in [0.1, 0.15) is 24.2 Å². The molecule has 0 saturated heterocycles. The Kier molecular flexibility index (Phi) is 6.00. The van der Waals surface area contributed by atoms with Crippen LogP contribution in [0.3, 0.4) is 0 Å². The van der Waals surface area contributed by atoms with E-state index in [4.69, 9.17) is 28.9 Å². The molecule has 0 saturated carbocycles. The van der Waals surface area contributed by atoms with E-state index in [1.807, 2.05) is 30.3 Å². The van der Waals surface area contributed by atoms with Crippen LogP contribution in [0.5, 0.6) is 0 Å². The first kappa shape index (κ1) is 16.2. The molecule has 0 aliphatic heterocycles. The van der Waals surface area contributed by atoms with Crippen molar-refractivity contribution < 1.29 is 0 Å². The Balaban J connectivity index is 2.25. The molecule has 0 aliphatic rings. The number of benzene rings is 1. The van der Waals surface area contributed by atoms with E-state index in [-0.39, 0.29) is 6.04 Å². The topological polar surface area (TPSA) is 42.2 Å². The molecule has 1 unspecified atom stereocenters. The number of halogens is 2. The lowest BCUT2D eigenvalue weighted by Crippen LogP contribution is -2.33. The summed E-state index contributed by atoms with van der Waals surface area (Å²) < 4.78 is 0. The molecule has 5 heteroatoms. The molecule has 2 rings (SSSR count). The second-order valence-corrected chi connectivity index (χ2v) is 5.65. The van der Waals surface area contributed by atoms with Crippen molar-refractivity contribution in [2.45, 2.75) is 19.5 Å². The van der Waals surface area contributed by atoms with Gasteiger partial charge in [-0.1, -0.05) is 42.3 Å². The Morgan fingerprint density at radius 1 is 1.24 bits per heavy atom. The van der Waals surface area contributed by atoms with Crippen molar-refractivity contribution in [3.8, 4) is 0 Å². The zero-order valence-corrected chi connectivity index (χ0v) is 13.5. The van der Waals surface area contributed by atoms with E-state index in [1.165, 1.54) is 0 Å². The molecule has 21 heavy (non-hydrogen) atoms. The van der Waals surface area contributed by atoms with Crippen LogP contribution in [-0.2, 0) is 6.54 Å². The summed E-state index contributed by atoms with van der Waals surface area (Å²) in [7, 11) is 0. The van der Waals surface area contributed by atoms with Gasteiger partial charge in [-0.15, -0.1) is 0 Å². The van der Waals surface area contributed by atoms with Crippen LogP contribution in [0.4, 0.5) is 0 Å². The molecule has 0 spiro atoms. The molecular formula is C16H19Cl2N3. The van der Waals surface area contributed by atoms with Crippen molar-refractivity contribution in [3.63, 3.8) is 0 Å². The van der Waals surface area contributed by atoms with Crippen molar-refractivity contribution in [1.82, 2.24) is 9.88 Å². The van der Waals surface area contributed by atoms with Gasteiger partial charge < -0.3 is 5.73 Å². The quantitative estimate of drug-likeness (QED) is 0.876. The number of nitrogens with two attached hydrogens (primary N) is 1. The molecule has 0 aliphatic carbocycles. The third-order valence-corrected chi connectivity index (χ3v) is 4.05. The van der Waals surface area contributed by atoms with Gasteiger partial charge in [-0.2, -0.15) is 0 Å². The number of hydrogen-bond donors (Lipinski definition) is 1. The predicted molar refractivity (Wildman–Crippen MR) is 88.6 cm³/mol. The maximum atomic E-state index is 6.32. The SMILES string of the molecule is CCN(Cc1ccccn1)C(CN)c1ccc(Cl)cc1Cl. The van der Waals surface area contributed by atoms with Gasteiger partial charge in [0, 0.05) is 35.4 Å². The second kappa shape index (κ2) is 7.76. The minimum Gasteiger partial charge on any atom is -0.329 e. The van der Waals surface area contributed by atoms with Gasteiger partial charge in [-0.05, 0) is 36.4 Å². The monoisotopic (exact) mass is 323 g/mol. The van der Waals surface area contributed by atoms with Gasteiger partial charge in [0.15, 0.2) is 0 Å². The number of pyridine rings is 1. The molecule has 0 amide bonds. The van der Waals surface area contributed by atoms with E-state index in [1.54, 1.807) is 12.3 Å². The minimum absolute atomic E-state index is 0.0433. The summed E-state index contributed by atoms with van der Waals surface area (Å²) in [5.41, 5.74) is 8.01. The van der Waals surface area contributed by atoms with Gasteiger partial charge in [-0.3, -0.25) is 9.88 Å². The minimum atomic E-state index is 0.0433. The first-order chi connectivity index (χ1) is 10.2. The van der Waals surface area contributed by atoms with E-state index >= 15 is 0 Å². The Labute approximate surface area is 135 Å². The number of nitrogens with zero attached hydrogens (tertiary/aromatic N) is 2.